The van der Waals surface area contributed by atoms with Gasteiger partial charge in [-0.05, 0) is 46.7 Å². The largest absolute Gasteiger partial charge is 0.497 e. The molecule has 0 atom stereocenters. The number of anilines is 1. The average Bonchev–Trinajstić information content (AvgIpc) is 2.60. The zero-order valence-corrected chi connectivity index (χ0v) is 12.8. The van der Waals surface area contributed by atoms with Crippen molar-refractivity contribution in [3.63, 3.8) is 0 Å². The van der Waals surface area contributed by atoms with E-state index in [1.54, 1.807) is 13.2 Å². The lowest BCUT2D eigenvalue weighted by Crippen LogP contribution is -2.07. The zero-order chi connectivity index (χ0) is 16.1. The van der Waals surface area contributed by atoms with E-state index in [1.165, 1.54) is 6.08 Å². The van der Waals surface area contributed by atoms with E-state index < -0.39 is 0 Å². The highest BCUT2D eigenvalue weighted by Crippen LogP contribution is 2.19. The smallest absolute Gasteiger partial charge is 0.248 e. The number of benzene rings is 3. The van der Waals surface area contributed by atoms with Crippen LogP contribution in [0.4, 0.5) is 5.69 Å². The van der Waals surface area contributed by atoms with E-state index in [0.717, 1.165) is 27.8 Å². The van der Waals surface area contributed by atoms with Crippen molar-refractivity contribution in [1.82, 2.24) is 0 Å². The van der Waals surface area contributed by atoms with Crippen LogP contribution in [0.2, 0.25) is 0 Å². The molecule has 3 rings (SSSR count). The summed E-state index contributed by atoms with van der Waals surface area (Å²) in [7, 11) is 1.63. The van der Waals surface area contributed by atoms with Crippen molar-refractivity contribution < 1.29 is 9.53 Å². The number of carbonyl (C=O) groups is 1. The summed E-state index contributed by atoms with van der Waals surface area (Å²) in [4.78, 5) is 12.0. The molecule has 0 aliphatic carbocycles. The fraction of sp³-hybridized carbons (Fsp3) is 0.0500. The molecule has 0 radical (unpaired) electrons. The van der Waals surface area contributed by atoms with Crippen molar-refractivity contribution in [2.45, 2.75) is 0 Å². The first-order valence-electron chi connectivity index (χ1n) is 7.36. The molecule has 3 aromatic rings. The molecule has 0 saturated heterocycles. The molecule has 0 fully saturated rings. The Morgan fingerprint density at radius 3 is 2.43 bits per heavy atom. The first-order chi connectivity index (χ1) is 11.2. The number of methoxy groups -OCH3 is 1. The second-order valence-corrected chi connectivity index (χ2v) is 5.16. The number of rotatable bonds is 4. The summed E-state index contributed by atoms with van der Waals surface area (Å²) in [5.74, 6) is 0.638. The van der Waals surface area contributed by atoms with Gasteiger partial charge in [-0.2, -0.15) is 0 Å². The van der Waals surface area contributed by atoms with E-state index in [4.69, 9.17) is 4.74 Å². The van der Waals surface area contributed by atoms with Crippen LogP contribution in [0.5, 0.6) is 5.75 Å². The molecule has 3 aromatic carbocycles. The summed E-state index contributed by atoms with van der Waals surface area (Å²) in [6, 6.07) is 21.4. The van der Waals surface area contributed by atoms with Crippen LogP contribution in [0.25, 0.3) is 16.8 Å². The maximum atomic E-state index is 12.0. The first-order valence-corrected chi connectivity index (χ1v) is 7.36. The molecule has 0 aromatic heterocycles. The Kier molecular flexibility index (Phi) is 4.39. The van der Waals surface area contributed by atoms with Gasteiger partial charge >= 0.3 is 0 Å². The highest BCUT2D eigenvalue weighted by molar-refractivity contribution is 6.03. The van der Waals surface area contributed by atoms with Crippen LogP contribution in [0.3, 0.4) is 0 Å². The molecule has 3 nitrogen and oxygen atoms in total. The van der Waals surface area contributed by atoms with Crippen LogP contribution in [-0.2, 0) is 4.79 Å². The van der Waals surface area contributed by atoms with Gasteiger partial charge in [0, 0.05) is 11.8 Å². The Bertz CT molecular complexity index is 851. The summed E-state index contributed by atoms with van der Waals surface area (Å²) < 4.78 is 5.11. The van der Waals surface area contributed by atoms with Crippen molar-refractivity contribution in [3.8, 4) is 5.75 Å². The minimum absolute atomic E-state index is 0.156. The summed E-state index contributed by atoms with van der Waals surface area (Å²) in [6.07, 6.45) is 3.30. The van der Waals surface area contributed by atoms with Crippen molar-refractivity contribution in [2.24, 2.45) is 0 Å². The topological polar surface area (TPSA) is 38.3 Å². The van der Waals surface area contributed by atoms with Gasteiger partial charge in [-0.3, -0.25) is 4.79 Å². The standard InChI is InChI=1S/C20H17NO2/c1-23-19-11-6-15(7-12-19)8-13-20(22)21-18-10-9-16-4-2-3-5-17(16)14-18/h2-14H,1H3,(H,21,22). The fourth-order valence-corrected chi connectivity index (χ4v) is 2.34. The van der Waals surface area contributed by atoms with Gasteiger partial charge in [0.15, 0.2) is 0 Å². The number of carbonyl (C=O) groups excluding carboxylic acids is 1. The van der Waals surface area contributed by atoms with Gasteiger partial charge in [0.1, 0.15) is 5.75 Å². The lowest BCUT2D eigenvalue weighted by atomic mass is 10.1. The fourth-order valence-electron chi connectivity index (χ4n) is 2.34. The van der Waals surface area contributed by atoms with Crippen molar-refractivity contribution in [1.29, 1.82) is 0 Å². The van der Waals surface area contributed by atoms with Gasteiger partial charge in [-0.1, -0.05) is 42.5 Å². The molecule has 0 spiro atoms. The van der Waals surface area contributed by atoms with Crippen molar-refractivity contribution in [2.75, 3.05) is 12.4 Å². The Hall–Kier alpha value is -3.07. The lowest BCUT2D eigenvalue weighted by Gasteiger charge is -2.04. The molecular formula is C20H17NO2. The van der Waals surface area contributed by atoms with Crippen LogP contribution < -0.4 is 10.1 Å². The Morgan fingerprint density at radius 1 is 0.957 bits per heavy atom. The predicted octanol–water partition coefficient (Wildman–Crippen LogP) is 4.50. The molecule has 0 saturated carbocycles. The SMILES string of the molecule is COc1ccc(C=CC(=O)Nc2ccc3ccccc3c2)cc1. The molecule has 0 aliphatic heterocycles. The Balaban J connectivity index is 1.68. The molecule has 3 heteroatoms. The number of ether oxygens (including phenoxy) is 1. The van der Waals surface area contributed by atoms with Gasteiger partial charge in [0.25, 0.3) is 0 Å². The van der Waals surface area contributed by atoms with E-state index in [2.05, 4.69) is 5.32 Å². The third-order valence-corrected chi connectivity index (χ3v) is 3.56. The molecule has 0 aliphatic rings. The normalized spacial score (nSPS) is 10.8. The minimum atomic E-state index is -0.156. The Morgan fingerprint density at radius 2 is 1.70 bits per heavy atom. The number of hydrogen-bond donors (Lipinski definition) is 1. The van der Waals surface area contributed by atoms with Gasteiger partial charge in [0.2, 0.25) is 5.91 Å². The first kappa shape index (κ1) is 14.9. The van der Waals surface area contributed by atoms with Crippen molar-refractivity contribution >= 4 is 28.4 Å². The maximum Gasteiger partial charge on any atom is 0.248 e. The number of amides is 1. The van der Waals surface area contributed by atoms with Crippen LogP contribution in [0, 0.1) is 0 Å². The second kappa shape index (κ2) is 6.79. The van der Waals surface area contributed by atoms with Gasteiger partial charge in [-0.25, -0.2) is 0 Å². The third-order valence-electron chi connectivity index (χ3n) is 3.56. The molecule has 0 heterocycles. The summed E-state index contributed by atoms with van der Waals surface area (Å²) in [6.45, 7) is 0. The number of nitrogens with one attached hydrogen (secondary N) is 1. The average molecular weight is 303 g/mol. The van der Waals surface area contributed by atoms with Crippen LogP contribution in [-0.4, -0.2) is 13.0 Å². The second-order valence-electron chi connectivity index (χ2n) is 5.16. The highest BCUT2D eigenvalue weighted by Gasteiger charge is 2.00. The Labute approximate surface area is 135 Å². The summed E-state index contributed by atoms with van der Waals surface area (Å²) in [5.41, 5.74) is 1.73. The summed E-state index contributed by atoms with van der Waals surface area (Å²) >= 11 is 0. The predicted molar refractivity (Wildman–Crippen MR) is 94.6 cm³/mol. The molecule has 1 amide bonds. The van der Waals surface area contributed by atoms with Gasteiger partial charge in [-0.15, -0.1) is 0 Å². The van der Waals surface area contributed by atoms with Gasteiger partial charge in [0.05, 0.1) is 7.11 Å². The minimum Gasteiger partial charge on any atom is -0.497 e. The van der Waals surface area contributed by atoms with Crippen LogP contribution in [0.15, 0.2) is 72.8 Å². The van der Waals surface area contributed by atoms with Crippen molar-refractivity contribution in [3.05, 3.63) is 78.4 Å². The quantitative estimate of drug-likeness (QED) is 0.721. The van der Waals surface area contributed by atoms with E-state index >= 15 is 0 Å². The molecule has 0 bridgehead atoms. The zero-order valence-electron chi connectivity index (χ0n) is 12.8. The molecule has 114 valence electrons. The van der Waals surface area contributed by atoms with Crippen LogP contribution in [0.1, 0.15) is 5.56 Å². The number of hydrogen-bond acceptors (Lipinski definition) is 2. The molecule has 23 heavy (non-hydrogen) atoms. The van der Waals surface area contributed by atoms with Crippen LogP contribution >= 0.6 is 0 Å². The summed E-state index contributed by atoms with van der Waals surface area (Å²) in [5, 5.41) is 5.13. The molecule has 1 N–H and O–H groups in total. The monoisotopic (exact) mass is 303 g/mol. The lowest BCUT2D eigenvalue weighted by molar-refractivity contribution is -0.111. The molecule has 0 unspecified atom stereocenters. The van der Waals surface area contributed by atoms with E-state index in [-0.39, 0.29) is 5.91 Å². The molecular weight excluding hydrogens is 286 g/mol. The third kappa shape index (κ3) is 3.77. The van der Waals surface area contributed by atoms with E-state index in [0.29, 0.717) is 0 Å². The van der Waals surface area contributed by atoms with E-state index in [1.807, 2.05) is 66.7 Å². The van der Waals surface area contributed by atoms with Gasteiger partial charge < -0.3 is 10.1 Å². The number of fused-ring (bicyclic) bond motifs is 1. The highest BCUT2D eigenvalue weighted by atomic mass is 16.5. The van der Waals surface area contributed by atoms with E-state index in [9.17, 15) is 4.79 Å². The maximum absolute atomic E-state index is 12.0.